The van der Waals surface area contributed by atoms with Crippen LogP contribution in [0.15, 0.2) is 60.7 Å². The second-order valence-electron chi connectivity index (χ2n) is 9.27. The molecule has 2 aliphatic rings. The highest BCUT2D eigenvalue weighted by atomic mass is 16.5. The molecule has 1 aliphatic carbocycles. The maximum Gasteiger partial charge on any atom is 0.254 e. The van der Waals surface area contributed by atoms with Gasteiger partial charge in [0.2, 0.25) is 0 Å². The number of fused-ring (bicyclic) bond motifs is 1. The average Bonchev–Trinajstić information content (AvgIpc) is 3.64. The van der Waals surface area contributed by atoms with Gasteiger partial charge in [-0.15, -0.1) is 0 Å². The van der Waals surface area contributed by atoms with E-state index in [0.717, 1.165) is 34.1 Å². The van der Waals surface area contributed by atoms with Crippen molar-refractivity contribution in [3.05, 3.63) is 66.2 Å². The number of nitrogens with zero attached hydrogens (tertiary/aromatic N) is 2. The molecule has 0 radical (unpaired) electrons. The fourth-order valence-corrected chi connectivity index (χ4v) is 4.44. The van der Waals surface area contributed by atoms with Crippen LogP contribution < -0.4 is 4.74 Å². The van der Waals surface area contributed by atoms with Crippen LogP contribution in [0.2, 0.25) is 0 Å². The Morgan fingerprint density at radius 1 is 0.853 bits per heavy atom. The van der Waals surface area contributed by atoms with E-state index in [1.165, 1.54) is 0 Å². The van der Waals surface area contributed by atoms with Gasteiger partial charge in [-0.2, -0.15) is 0 Å². The first-order valence-corrected chi connectivity index (χ1v) is 12.0. The highest BCUT2D eigenvalue weighted by Gasteiger charge is 2.50. The lowest BCUT2D eigenvalue weighted by atomic mass is 10.00. The molecular weight excluding hydrogens is 428 g/mol. The molecule has 5 rings (SSSR count). The van der Waals surface area contributed by atoms with E-state index in [1.54, 1.807) is 9.80 Å². The predicted octanol–water partition coefficient (Wildman–Crippen LogP) is 4.10. The zero-order chi connectivity index (χ0) is 23.7. The third-order valence-electron chi connectivity index (χ3n) is 6.73. The molecule has 3 aromatic rings. The quantitative estimate of drug-likeness (QED) is 0.604. The van der Waals surface area contributed by atoms with Crippen LogP contribution in [0.1, 0.15) is 36.5 Å². The Morgan fingerprint density at radius 2 is 1.47 bits per heavy atom. The molecule has 34 heavy (non-hydrogen) atoms. The molecule has 0 unspecified atom stereocenters. The van der Waals surface area contributed by atoms with Gasteiger partial charge in [-0.25, -0.2) is 0 Å². The van der Waals surface area contributed by atoms with Crippen LogP contribution in [-0.4, -0.2) is 65.1 Å². The Kier molecular flexibility index (Phi) is 6.00. The van der Waals surface area contributed by atoms with E-state index in [4.69, 9.17) is 4.74 Å². The molecule has 0 atom stereocenters. The summed E-state index contributed by atoms with van der Waals surface area (Å²) in [6, 6.07) is 20.2. The molecule has 1 aliphatic heterocycles. The molecule has 176 valence electrons. The van der Waals surface area contributed by atoms with Crippen LogP contribution in [0.5, 0.6) is 5.75 Å². The normalized spacial score (nSPS) is 17.0. The molecule has 0 aromatic heterocycles. The van der Waals surface area contributed by atoms with Crippen molar-refractivity contribution in [3.8, 4) is 16.9 Å². The van der Waals surface area contributed by atoms with E-state index in [1.807, 2.05) is 30.3 Å². The molecule has 3 aromatic carbocycles. The third-order valence-corrected chi connectivity index (χ3v) is 6.73. The number of hydrogen-bond acceptors (Lipinski definition) is 4. The number of carbonyl (C=O) groups is 2. The predicted molar refractivity (Wildman–Crippen MR) is 132 cm³/mol. The summed E-state index contributed by atoms with van der Waals surface area (Å²) in [5, 5.41) is 12.3. The van der Waals surface area contributed by atoms with Crippen molar-refractivity contribution < 1.29 is 19.4 Å². The van der Waals surface area contributed by atoms with Crippen molar-refractivity contribution in [2.45, 2.75) is 31.8 Å². The Morgan fingerprint density at radius 3 is 2.15 bits per heavy atom. The summed E-state index contributed by atoms with van der Waals surface area (Å²) in [4.78, 5) is 28.7. The second-order valence-corrected chi connectivity index (χ2v) is 9.27. The van der Waals surface area contributed by atoms with Crippen LogP contribution in [0.25, 0.3) is 21.9 Å². The highest BCUT2D eigenvalue weighted by Crippen LogP contribution is 2.37. The maximum absolute atomic E-state index is 13.0. The van der Waals surface area contributed by atoms with E-state index < -0.39 is 5.60 Å². The monoisotopic (exact) mass is 458 g/mol. The Balaban J connectivity index is 1.24. The zero-order valence-electron chi connectivity index (χ0n) is 19.5. The second kappa shape index (κ2) is 9.11. The van der Waals surface area contributed by atoms with Gasteiger partial charge in [0.05, 0.1) is 6.61 Å². The molecule has 0 bridgehead atoms. The summed E-state index contributed by atoms with van der Waals surface area (Å²) in [7, 11) is 0. The van der Waals surface area contributed by atoms with E-state index in [9.17, 15) is 14.7 Å². The number of piperazine rings is 1. The van der Waals surface area contributed by atoms with Crippen LogP contribution in [0.3, 0.4) is 0 Å². The van der Waals surface area contributed by atoms with Crippen LogP contribution in [-0.2, 0) is 4.79 Å². The van der Waals surface area contributed by atoms with Crippen molar-refractivity contribution >= 4 is 22.6 Å². The summed E-state index contributed by atoms with van der Waals surface area (Å²) >= 11 is 0. The number of aliphatic hydroxyl groups is 1. The largest absolute Gasteiger partial charge is 0.494 e. The topological polar surface area (TPSA) is 70.1 Å². The SMILES string of the molecule is CCCOc1ccc2cc(-c3ccc(C(=O)N4CCN(C(=O)C5(O)CC5)CC4)cc3)ccc2c1. The van der Waals surface area contributed by atoms with Crippen LogP contribution >= 0.6 is 0 Å². The summed E-state index contributed by atoms with van der Waals surface area (Å²) in [6.45, 7) is 4.70. The third kappa shape index (κ3) is 4.50. The molecule has 2 fully saturated rings. The molecular formula is C28H30N2O4. The summed E-state index contributed by atoms with van der Waals surface area (Å²) < 4.78 is 5.73. The van der Waals surface area contributed by atoms with Gasteiger partial charge < -0.3 is 19.6 Å². The van der Waals surface area contributed by atoms with Crippen LogP contribution in [0, 0.1) is 0 Å². The summed E-state index contributed by atoms with van der Waals surface area (Å²) in [6.07, 6.45) is 2.07. The van der Waals surface area contributed by atoms with E-state index >= 15 is 0 Å². The number of benzene rings is 3. The molecule has 6 heteroatoms. The molecule has 0 spiro atoms. The molecule has 2 amide bonds. The lowest BCUT2D eigenvalue weighted by Gasteiger charge is -2.35. The fraction of sp³-hybridized carbons (Fsp3) is 0.357. The van der Waals surface area contributed by atoms with Gasteiger partial charge >= 0.3 is 0 Å². The summed E-state index contributed by atoms with van der Waals surface area (Å²) in [5.74, 6) is 0.671. The van der Waals surface area contributed by atoms with Gasteiger partial charge in [-0.05, 0) is 71.5 Å². The number of ether oxygens (including phenoxy) is 1. The van der Waals surface area contributed by atoms with E-state index in [2.05, 4.69) is 37.3 Å². The first-order valence-electron chi connectivity index (χ1n) is 12.0. The molecule has 1 saturated heterocycles. The highest BCUT2D eigenvalue weighted by molar-refractivity contribution is 5.95. The minimum atomic E-state index is -1.14. The average molecular weight is 459 g/mol. The van der Waals surface area contributed by atoms with Crippen molar-refractivity contribution in [1.29, 1.82) is 0 Å². The van der Waals surface area contributed by atoms with Crippen LogP contribution in [0.4, 0.5) is 0 Å². The lowest BCUT2D eigenvalue weighted by Crippen LogP contribution is -2.53. The van der Waals surface area contributed by atoms with Crippen molar-refractivity contribution in [3.63, 3.8) is 0 Å². The number of rotatable bonds is 6. The fourth-order valence-electron chi connectivity index (χ4n) is 4.44. The van der Waals surface area contributed by atoms with Crippen molar-refractivity contribution in [1.82, 2.24) is 9.80 Å². The molecule has 1 N–H and O–H groups in total. The Labute approximate surface area is 199 Å². The van der Waals surface area contributed by atoms with Gasteiger partial charge in [-0.3, -0.25) is 9.59 Å². The first kappa shape index (κ1) is 22.4. The van der Waals surface area contributed by atoms with E-state index in [-0.39, 0.29) is 11.8 Å². The molecule has 1 saturated carbocycles. The standard InChI is InChI=1S/C28H30N2O4/c1-2-17-34-25-10-9-23-18-22(7-8-24(23)19-25)20-3-5-21(6-4-20)26(31)29-13-15-30(16-14-29)27(32)28(33)11-12-28/h3-10,18-19,33H,2,11-17H2,1H3. The molecule has 6 nitrogen and oxygen atoms in total. The van der Waals surface area contributed by atoms with Gasteiger partial charge in [0.1, 0.15) is 11.4 Å². The smallest absolute Gasteiger partial charge is 0.254 e. The van der Waals surface area contributed by atoms with Gasteiger partial charge in [0, 0.05) is 31.7 Å². The number of amides is 2. The minimum absolute atomic E-state index is 0.0260. The van der Waals surface area contributed by atoms with Crippen molar-refractivity contribution in [2.75, 3.05) is 32.8 Å². The number of carbonyl (C=O) groups excluding carboxylic acids is 2. The summed E-state index contributed by atoms with van der Waals surface area (Å²) in [5.41, 5.74) is 1.65. The zero-order valence-corrected chi connectivity index (χ0v) is 19.5. The lowest BCUT2D eigenvalue weighted by molar-refractivity contribution is -0.143. The minimum Gasteiger partial charge on any atom is -0.494 e. The van der Waals surface area contributed by atoms with Crippen molar-refractivity contribution in [2.24, 2.45) is 0 Å². The molecule has 1 heterocycles. The first-order chi connectivity index (χ1) is 16.5. The number of hydrogen-bond donors (Lipinski definition) is 1. The van der Waals surface area contributed by atoms with E-state index in [0.29, 0.717) is 51.2 Å². The Hall–Kier alpha value is -3.38. The maximum atomic E-state index is 13.0. The van der Waals surface area contributed by atoms with Gasteiger partial charge in [0.15, 0.2) is 0 Å². The Bertz CT molecular complexity index is 1210. The van der Waals surface area contributed by atoms with Gasteiger partial charge in [0.25, 0.3) is 11.8 Å². The van der Waals surface area contributed by atoms with Gasteiger partial charge in [-0.1, -0.05) is 37.3 Å².